The summed E-state index contributed by atoms with van der Waals surface area (Å²) >= 11 is 0. The number of fused-ring (bicyclic) bond motifs is 1. The number of hydrogen-bond donors (Lipinski definition) is 0. The highest BCUT2D eigenvalue weighted by atomic mass is 16.8. The second-order valence-corrected chi connectivity index (χ2v) is 6.51. The van der Waals surface area contributed by atoms with Crippen molar-refractivity contribution in [3.05, 3.63) is 71.8 Å². The second kappa shape index (κ2) is 8.20. The maximum Gasteiger partial charge on any atom is 0.339 e. The molecule has 0 unspecified atom stereocenters. The van der Waals surface area contributed by atoms with E-state index in [1.54, 1.807) is 30.3 Å². The summed E-state index contributed by atoms with van der Waals surface area (Å²) in [7, 11) is 1.39. The van der Waals surface area contributed by atoms with Gasteiger partial charge in [-0.15, -0.1) is 0 Å². The zero-order valence-electron chi connectivity index (χ0n) is 15.2. The fourth-order valence-electron chi connectivity index (χ4n) is 3.27. The maximum absolute atomic E-state index is 13.1. The zero-order chi connectivity index (χ0) is 19.5. The van der Waals surface area contributed by atoms with Crippen LogP contribution in [0.2, 0.25) is 0 Å². The van der Waals surface area contributed by atoms with Gasteiger partial charge in [0.05, 0.1) is 12.2 Å². The average Bonchev–Trinajstić information content (AvgIpc) is 2.76. The molecule has 2 fully saturated rings. The molecule has 2 aliphatic rings. The lowest BCUT2D eigenvalue weighted by atomic mass is 9.99. The minimum Gasteiger partial charge on any atom is -0.445 e. The highest BCUT2D eigenvalue weighted by Gasteiger charge is 2.51. The summed E-state index contributed by atoms with van der Waals surface area (Å²) in [5.41, 5.74) is 1.13. The largest absolute Gasteiger partial charge is 0.445 e. The first-order valence-corrected chi connectivity index (χ1v) is 8.97. The van der Waals surface area contributed by atoms with Gasteiger partial charge >= 0.3 is 5.97 Å². The van der Waals surface area contributed by atoms with E-state index in [0.29, 0.717) is 5.56 Å². The van der Waals surface area contributed by atoms with Crippen LogP contribution in [0.4, 0.5) is 0 Å². The van der Waals surface area contributed by atoms with Crippen LogP contribution in [0.25, 0.3) is 0 Å². The molecule has 7 heteroatoms. The molecule has 0 aliphatic carbocycles. The monoisotopic (exact) mass is 384 g/mol. The van der Waals surface area contributed by atoms with Crippen LogP contribution in [-0.2, 0) is 28.5 Å². The molecule has 2 saturated heterocycles. The van der Waals surface area contributed by atoms with Gasteiger partial charge in [0.25, 0.3) is 0 Å². The normalized spacial score (nSPS) is 29.8. The fourth-order valence-corrected chi connectivity index (χ4v) is 3.27. The van der Waals surface area contributed by atoms with Gasteiger partial charge in [-0.05, 0) is 12.1 Å². The van der Waals surface area contributed by atoms with Crippen molar-refractivity contribution in [1.82, 2.24) is 0 Å². The van der Waals surface area contributed by atoms with Crippen LogP contribution in [0.3, 0.4) is 0 Å². The van der Waals surface area contributed by atoms with Gasteiger partial charge in [-0.3, -0.25) is 4.79 Å². The van der Waals surface area contributed by atoms with Crippen molar-refractivity contribution in [2.24, 2.45) is 0 Å². The molecule has 2 aromatic rings. The van der Waals surface area contributed by atoms with Crippen molar-refractivity contribution in [2.45, 2.75) is 30.9 Å². The van der Waals surface area contributed by atoms with Crippen LogP contribution >= 0.6 is 0 Å². The summed E-state index contributed by atoms with van der Waals surface area (Å²) < 4.78 is 28.0. The quantitative estimate of drug-likeness (QED) is 0.748. The predicted molar refractivity (Wildman–Crippen MR) is 96.3 cm³/mol. The van der Waals surface area contributed by atoms with Crippen molar-refractivity contribution >= 4 is 11.8 Å². The van der Waals surface area contributed by atoms with Gasteiger partial charge in [-0.25, -0.2) is 4.79 Å². The van der Waals surface area contributed by atoms with Gasteiger partial charge in [0, 0.05) is 12.7 Å². The van der Waals surface area contributed by atoms with Crippen LogP contribution in [0.1, 0.15) is 22.2 Å². The fraction of sp³-hybridized carbons (Fsp3) is 0.333. The van der Waals surface area contributed by atoms with Gasteiger partial charge in [-0.2, -0.15) is 0 Å². The smallest absolute Gasteiger partial charge is 0.339 e. The molecule has 5 atom stereocenters. The Morgan fingerprint density at radius 2 is 1.68 bits per heavy atom. The highest BCUT2D eigenvalue weighted by Crippen LogP contribution is 2.33. The van der Waals surface area contributed by atoms with Crippen LogP contribution in [0.5, 0.6) is 0 Å². The molecular weight excluding hydrogens is 364 g/mol. The van der Waals surface area contributed by atoms with Gasteiger partial charge in [-0.1, -0.05) is 48.5 Å². The highest BCUT2D eigenvalue weighted by molar-refractivity contribution is 5.95. The third-order valence-corrected chi connectivity index (χ3v) is 4.68. The molecule has 0 bridgehead atoms. The van der Waals surface area contributed by atoms with Crippen molar-refractivity contribution < 1.29 is 33.3 Å². The first kappa shape index (κ1) is 18.8. The van der Waals surface area contributed by atoms with E-state index in [0.717, 1.165) is 5.56 Å². The minimum atomic E-state index is -1.23. The molecule has 0 saturated carbocycles. The topological polar surface area (TPSA) is 80.3 Å². The lowest BCUT2D eigenvalue weighted by molar-refractivity contribution is -0.313. The summed E-state index contributed by atoms with van der Waals surface area (Å²) in [4.78, 5) is 25.5. The zero-order valence-corrected chi connectivity index (χ0v) is 15.2. The Labute approximate surface area is 162 Å². The standard InChI is InChI=1S/C21H20O7/c1-24-21-18(27-19(23)13-8-4-2-5-9-13)16(22)17-15(26-21)12-25-20(28-17)14-10-6-3-7-11-14/h2-11,15,17-18,20-21H,12H2,1H3/t15-,17+,18-,20-,21+/m1/s1. The van der Waals surface area contributed by atoms with Crippen LogP contribution in [-0.4, -0.2) is 50.1 Å². The number of carbonyl (C=O) groups is 2. The van der Waals surface area contributed by atoms with Gasteiger partial charge < -0.3 is 23.7 Å². The first-order chi connectivity index (χ1) is 13.7. The number of methoxy groups -OCH3 is 1. The van der Waals surface area contributed by atoms with E-state index in [2.05, 4.69) is 0 Å². The average molecular weight is 384 g/mol. The van der Waals surface area contributed by atoms with E-state index in [4.69, 9.17) is 23.7 Å². The molecule has 146 valence electrons. The molecule has 0 spiro atoms. The Balaban J connectivity index is 1.51. The molecule has 4 rings (SSSR count). The summed E-state index contributed by atoms with van der Waals surface area (Å²) in [6, 6.07) is 17.7. The van der Waals surface area contributed by atoms with Crippen LogP contribution in [0, 0.1) is 0 Å². The number of ether oxygens (including phenoxy) is 5. The van der Waals surface area contributed by atoms with E-state index < -0.39 is 42.6 Å². The number of esters is 1. The molecule has 28 heavy (non-hydrogen) atoms. The van der Waals surface area contributed by atoms with Gasteiger partial charge in [0.15, 0.2) is 12.4 Å². The minimum absolute atomic E-state index is 0.162. The van der Waals surface area contributed by atoms with E-state index in [1.165, 1.54) is 7.11 Å². The third-order valence-electron chi connectivity index (χ3n) is 4.68. The number of Topliss-reactive ketones (excluding diaryl/α,β-unsaturated/α-hetero) is 1. The molecule has 0 radical (unpaired) electrons. The Morgan fingerprint density at radius 1 is 1.00 bits per heavy atom. The molecule has 7 nitrogen and oxygen atoms in total. The summed E-state index contributed by atoms with van der Waals surface area (Å²) in [5.74, 6) is -1.04. The molecule has 0 aromatic heterocycles. The SMILES string of the molecule is CO[C@H]1O[C@@H]2CO[C@@H](c3ccccc3)O[C@@H]2C(=O)[C@H]1OC(=O)c1ccccc1. The third kappa shape index (κ3) is 3.70. The molecule has 0 N–H and O–H groups in total. The van der Waals surface area contributed by atoms with E-state index in [1.807, 2.05) is 30.3 Å². The Kier molecular flexibility index (Phi) is 5.50. The molecular formula is C21H20O7. The Morgan fingerprint density at radius 3 is 2.36 bits per heavy atom. The Bertz CT molecular complexity index is 823. The van der Waals surface area contributed by atoms with Crippen molar-refractivity contribution in [2.75, 3.05) is 13.7 Å². The van der Waals surface area contributed by atoms with Crippen molar-refractivity contribution in [3.8, 4) is 0 Å². The van der Waals surface area contributed by atoms with Crippen LogP contribution < -0.4 is 0 Å². The van der Waals surface area contributed by atoms with E-state index in [-0.39, 0.29) is 6.61 Å². The van der Waals surface area contributed by atoms with Crippen molar-refractivity contribution in [1.29, 1.82) is 0 Å². The van der Waals surface area contributed by atoms with Crippen molar-refractivity contribution in [3.63, 3.8) is 0 Å². The summed E-state index contributed by atoms with van der Waals surface area (Å²) in [6.45, 7) is 0.162. The molecule has 0 amide bonds. The number of carbonyl (C=O) groups excluding carboxylic acids is 2. The molecule has 2 aromatic carbocycles. The predicted octanol–water partition coefficient (Wildman–Crippen LogP) is 2.27. The summed E-state index contributed by atoms with van der Waals surface area (Å²) in [6.07, 6.45) is -4.50. The number of benzene rings is 2. The Hall–Kier alpha value is -2.58. The number of hydrogen-bond acceptors (Lipinski definition) is 7. The number of ketones is 1. The van der Waals surface area contributed by atoms with E-state index in [9.17, 15) is 9.59 Å². The lowest BCUT2D eigenvalue weighted by Gasteiger charge is -2.43. The summed E-state index contributed by atoms with van der Waals surface area (Å²) in [5, 5.41) is 0. The first-order valence-electron chi connectivity index (χ1n) is 8.97. The molecule has 2 heterocycles. The second-order valence-electron chi connectivity index (χ2n) is 6.51. The van der Waals surface area contributed by atoms with Gasteiger partial charge in [0.2, 0.25) is 18.2 Å². The molecule has 2 aliphatic heterocycles. The van der Waals surface area contributed by atoms with Crippen LogP contribution in [0.15, 0.2) is 60.7 Å². The van der Waals surface area contributed by atoms with Gasteiger partial charge in [0.1, 0.15) is 6.10 Å². The maximum atomic E-state index is 13.1. The lowest BCUT2D eigenvalue weighted by Crippen LogP contribution is -2.60. The number of rotatable bonds is 4. The van der Waals surface area contributed by atoms with E-state index >= 15 is 0 Å².